The maximum atomic E-state index is 13.1. The van der Waals surface area contributed by atoms with Gasteiger partial charge in [0.15, 0.2) is 11.5 Å². The predicted octanol–water partition coefficient (Wildman–Crippen LogP) is 3.31. The van der Waals surface area contributed by atoms with Gasteiger partial charge >= 0.3 is 12.3 Å². The molecule has 4 atom stereocenters. The second kappa shape index (κ2) is 11.5. The van der Waals surface area contributed by atoms with Crippen LogP contribution in [0.3, 0.4) is 0 Å². The average molecular weight is 609 g/mol. The number of amides is 2. The van der Waals surface area contributed by atoms with Crippen LogP contribution in [-0.2, 0) is 38.1 Å². The number of nitrogens with one attached hydrogen (secondary N) is 2. The molecule has 0 radical (unpaired) electrons. The molecular formula is C28H35F3N6O6. The van der Waals surface area contributed by atoms with Gasteiger partial charge in [-0.05, 0) is 46.2 Å². The minimum absolute atomic E-state index is 0.0598. The molecule has 3 aliphatic heterocycles. The minimum atomic E-state index is -4.64. The Morgan fingerprint density at radius 2 is 1.86 bits per heavy atom. The highest BCUT2D eigenvalue weighted by Crippen LogP contribution is 2.36. The summed E-state index contributed by atoms with van der Waals surface area (Å²) in [6.07, 6.45) is -4.53. The van der Waals surface area contributed by atoms with Gasteiger partial charge in [-0.3, -0.25) is 9.78 Å². The molecule has 2 amide bonds. The van der Waals surface area contributed by atoms with E-state index in [0.29, 0.717) is 25.7 Å². The summed E-state index contributed by atoms with van der Waals surface area (Å²) < 4.78 is 62.9. The number of carbonyl (C=O) groups excluding carboxylic acids is 2. The Morgan fingerprint density at radius 1 is 1.12 bits per heavy atom. The number of hydrogen-bond donors (Lipinski definition) is 2. The van der Waals surface area contributed by atoms with E-state index in [1.165, 1.54) is 6.20 Å². The van der Waals surface area contributed by atoms with Crippen molar-refractivity contribution in [3.8, 4) is 0 Å². The Labute approximate surface area is 246 Å². The smallest absolute Gasteiger partial charge is 0.434 e. The SMILES string of the molecule is CC(C)(C)OC(=O)N1CCc2nc(C(=O)NC[C@H]3OC[C@H](Nc4cncc(C(F)(F)F)n4)[C@H]4OC(C)(C)O[C@H]43)ccc2C1. The molecule has 5 heterocycles. The molecule has 5 rings (SSSR count). The molecule has 0 unspecified atom stereocenters. The largest absolute Gasteiger partial charge is 0.444 e. The standard InChI is InChI=1S/C28H35F3N6O6/c1-26(2,3)43-25(39)37-9-8-16-15(13-37)6-7-17(34-16)24(38)33-10-19-23-22(41-27(4,5)42-23)18(14-40-19)35-21-12-32-11-20(36-21)28(29,30)31/h6-7,11-12,18-19,22-23H,8-10,13-14H2,1-5H3,(H,33,38)(H,35,36)/t18-,19+,22+,23-/m0/s1. The van der Waals surface area contributed by atoms with E-state index in [0.717, 1.165) is 11.3 Å². The number of rotatable bonds is 5. The van der Waals surface area contributed by atoms with E-state index in [1.54, 1.807) is 30.9 Å². The second-order valence-electron chi connectivity index (χ2n) is 12.1. The third kappa shape index (κ3) is 7.33. The number of carbonyl (C=O) groups is 2. The molecule has 2 aromatic rings. The summed E-state index contributed by atoms with van der Waals surface area (Å²) in [4.78, 5) is 38.9. The summed E-state index contributed by atoms with van der Waals surface area (Å²) in [6, 6.07) is 2.80. The molecule has 0 aromatic carbocycles. The number of aromatic nitrogens is 3. The molecule has 234 valence electrons. The van der Waals surface area contributed by atoms with E-state index in [-0.39, 0.29) is 24.7 Å². The number of alkyl halides is 3. The van der Waals surface area contributed by atoms with Crippen molar-refractivity contribution < 1.29 is 41.7 Å². The van der Waals surface area contributed by atoms with Crippen molar-refractivity contribution in [2.24, 2.45) is 0 Å². The molecule has 2 aromatic heterocycles. The number of fused-ring (bicyclic) bond motifs is 2. The molecule has 3 aliphatic rings. The number of hydrogen-bond acceptors (Lipinski definition) is 10. The molecule has 0 aliphatic carbocycles. The molecule has 0 saturated carbocycles. The van der Waals surface area contributed by atoms with Gasteiger partial charge in [0.1, 0.15) is 35.4 Å². The minimum Gasteiger partial charge on any atom is -0.444 e. The van der Waals surface area contributed by atoms with Gasteiger partial charge in [0.05, 0.1) is 31.6 Å². The number of anilines is 1. The van der Waals surface area contributed by atoms with E-state index in [4.69, 9.17) is 18.9 Å². The summed E-state index contributed by atoms with van der Waals surface area (Å²) in [5, 5.41) is 5.77. The molecule has 0 spiro atoms. The Balaban J connectivity index is 1.20. The van der Waals surface area contributed by atoms with Crippen LogP contribution in [0, 0.1) is 0 Å². The van der Waals surface area contributed by atoms with Gasteiger partial charge in [-0.25, -0.2) is 14.8 Å². The van der Waals surface area contributed by atoms with Gasteiger partial charge in [-0.2, -0.15) is 13.2 Å². The van der Waals surface area contributed by atoms with E-state index < -0.39 is 59.6 Å². The molecule has 43 heavy (non-hydrogen) atoms. The number of halogens is 3. The highest BCUT2D eigenvalue weighted by molar-refractivity contribution is 5.92. The van der Waals surface area contributed by atoms with Gasteiger partial charge in [0.25, 0.3) is 5.91 Å². The summed E-state index contributed by atoms with van der Waals surface area (Å²) in [7, 11) is 0. The van der Waals surface area contributed by atoms with Crippen molar-refractivity contribution in [2.75, 3.05) is 25.0 Å². The summed E-state index contributed by atoms with van der Waals surface area (Å²) >= 11 is 0. The van der Waals surface area contributed by atoms with Crippen molar-refractivity contribution in [3.63, 3.8) is 0 Å². The lowest BCUT2D eigenvalue weighted by molar-refractivity contribution is -0.153. The molecule has 15 heteroatoms. The number of pyridine rings is 1. The molecule has 2 fully saturated rings. The first-order valence-electron chi connectivity index (χ1n) is 14.0. The van der Waals surface area contributed by atoms with Crippen LogP contribution in [0.4, 0.5) is 23.8 Å². The average Bonchev–Trinajstić information content (AvgIpc) is 3.26. The lowest BCUT2D eigenvalue weighted by Crippen LogP contribution is -2.57. The van der Waals surface area contributed by atoms with Crippen LogP contribution in [0.2, 0.25) is 0 Å². The molecule has 12 nitrogen and oxygen atoms in total. The third-order valence-electron chi connectivity index (χ3n) is 7.07. The van der Waals surface area contributed by atoms with E-state index in [2.05, 4.69) is 25.6 Å². The van der Waals surface area contributed by atoms with Crippen LogP contribution in [0.25, 0.3) is 0 Å². The van der Waals surface area contributed by atoms with Crippen LogP contribution < -0.4 is 10.6 Å². The molecular weight excluding hydrogens is 573 g/mol. The topological polar surface area (TPSA) is 137 Å². The zero-order valence-electron chi connectivity index (χ0n) is 24.5. The van der Waals surface area contributed by atoms with Crippen LogP contribution in [0.15, 0.2) is 24.5 Å². The lowest BCUT2D eigenvalue weighted by Gasteiger charge is -2.37. The number of ether oxygens (including phenoxy) is 4. The van der Waals surface area contributed by atoms with E-state index in [9.17, 15) is 22.8 Å². The first kappa shape index (κ1) is 30.9. The summed E-state index contributed by atoms with van der Waals surface area (Å²) in [5.74, 6) is -1.47. The van der Waals surface area contributed by atoms with E-state index >= 15 is 0 Å². The maximum absolute atomic E-state index is 13.1. The summed E-state index contributed by atoms with van der Waals surface area (Å²) in [6.45, 7) is 9.79. The quantitative estimate of drug-likeness (QED) is 0.520. The van der Waals surface area contributed by atoms with E-state index in [1.807, 2.05) is 20.8 Å². The Bertz CT molecular complexity index is 1370. The maximum Gasteiger partial charge on any atom is 0.434 e. The Kier molecular flexibility index (Phi) is 8.26. The highest BCUT2D eigenvalue weighted by Gasteiger charge is 2.52. The lowest BCUT2D eigenvalue weighted by atomic mass is 9.98. The zero-order valence-corrected chi connectivity index (χ0v) is 24.5. The monoisotopic (exact) mass is 608 g/mol. The molecule has 2 N–H and O–H groups in total. The zero-order chi connectivity index (χ0) is 31.2. The predicted molar refractivity (Wildman–Crippen MR) is 145 cm³/mol. The highest BCUT2D eigenvalue weighted by atomic mass is 19.4. The fourth-order valence-corrected chi connectivity index (χ4v) is 5.20. The first-order chi connectivity index (χ1) is 20.1. The van der Waals surface area contributed by atoms with Crippen LogP contribution in [-0.4, -0.2) is 87.3 Å². The van der Waals surface area contributed by atoms with Gasteiger partial charge in [0, 0.05) is 25.2 Å². The second-order valence-corrected chi connectivity index (χ2v) is 12.1. The fraction of sp³-hybridized carbons (Fsp3) is 0.607. The molecule has 0 bridgehead atoms. The van der Waals surface area contributed by atoms with Gasteiger partial charge < -0.3 is 34.5 Å². The van der Waals surface area contributed by atoms with Crippen molar-refractivity contribution in [3.05, 3.63) is 47.2 Å². The Hall–Kier alpha value is -3.56. The van der Waals surface area contributed by atoms with Crippen LogP contribution in [0.1, 0.15) is 62.1 Å². The van der Waals surface area contributed by atoms with Crippen molar-refractivity contribution >= 4 is 17.8 Å². The number of nitrogens with zero attached hydrogens (tertiary/aromatic N) is 4. The van der Waals surface area contributed by atoms with Gasteiger partial charge in [0.2, 0.25) is 0 Å². The fourth-order valence-electron chi connectivity index (χ4n) is 5.20. The summed E-state index contributed by atoms with van der Waals surface area (Å²) in [5.41, 5.74) is 0.0896. The first-order valence-corrected chi connectivity index (χ1v) is 14.0. The van der Waals surface area contributed by atoms with Crippen LogP contribution in [0.5, 0.6) is 0 Å². The molecule has 2 saturated heterocycles. The normalized spacial score (nSPS) is 25.0. The van der Waals surface area contributed by atoms with Crippen molar-refractivity contribution in [1.29, 1.82) is 0 Å². The Morgan fingerprint density at radius 3 is 2.58 bits per heavy atom. The van der Waals surface area contributed by atoms with Crippen molar-refractivity contribution in [1.82, 2.24) is 25.2 Å². The van der Waals surface area contributed by atoms with Crippen molar-refractivity contribution in [2.45, 2.75) is 89.5 Å². The van der Waals surface area contributed by atoms with Gasteiger partial charge in [-0.1, -0.05) is 6.07 Å². The van der Waals surface area contributed by atoms with Crippen LogP contribution >= 0.6 is 0 Å². The third-order valence-corrected chi connectivity index (χ3v) is 7.07. The van der Waals surface area contributed by atoms with Gasteiger partial charge in [-0.15, -0.1) is 0 Å².